The van der Waals surface area contributed by atoms with Crippen molar-refractivity contribution in [2.75, 3.05) is 0 Å². The van der Waals surface area contributed by atoms with Crippen LogP contribution in [0.3, 0.4) is 0 Å². The molecule has 0 bridgehead atoms. The van der Waals surface area contributed by atoms with E-state index in [4.69, 9.17) is 9.15 Å². The van der Waals surface area contributed by atoms with Crippen molar-refractivity contribution in [2.24, 2.45) is 0 Å². The van der Waals surface area contributed by atoms with Crippen molar-refractivity contribution in [3.05, 3.63) is 42.3 Å². The topological polar surface area (TPSA) is 35.3 Å². The molecule has 1 aromatic carbocycles. The molecule has 0 saturated heterocycles. The third-order valence-electron chi connectivity index (χ3n) is 1.80. The van der Waals surface area contributed by atoms with Crippen LogP contribution in [-0.2, 0) is 6.18 Å². The third kappa shape index (κ3) is 2.16. The van der Waals surface area contributed by atoms with Gasteiger partial charge in [0, 0.05) is 0 Å². The molecule has 6 heteroatoms. The number of hydrogen-bond acceptors (Lipinski definition) is 3. The second-order valence-corrected chi connectivity index (χ2v) is 2.89. The van der Waals surface area contributed by atoms with E-state index in [2.05, 4.69) is 4.98 Å². The maximum atomic E-state index is 12.5. The van der Waals surface area contributed by atoms with Crippen molar-refractivity contribution in [1.29, 1.82) is 0 Å². The molecule has 0 radical (unpaired) electrons. The number of aromatic nitrogens is 1. The minimum atomic E-state index is -4.47. The van der Waals surface area contributed by atoms with E-state index >= 15 is 0 Å². The highest BCUT2D eigenvalue weighted by atomic mass is 19.4. The zero-order chi connectivity index (χ0) is 11.6. The fraction of sp³-hybridized carbons (Fsp3) is 0.100. The Morgan fingerprint density at radius 2 is 1.94 bits per heavy atom. The Hall–Kier alpha value is -1.98. The van der Waals surface area contributed by atoms with E-state index in [1.165, 1.54) is 30.7 Å². The molecule has 2 rings (SSSR count). The molecule has 1 aromatic heterocycles. The van der Waals surface area contributed by atoms with Crippen LogP contribution in [0.1, 0.15) is 5.56 Å². The number of halogens is 3. The van der Waals surface area contributed by atoms with E-state index in [9.17, 15) is 13.2 Å². The summed E-state index contributed by atoms with van der Waals surface area (Å²) in [7, 11) is 0. The van der Waals surface area contributed by atoms with Gasteiger partial charge in [-0.05, 0) is 12.1 Å². The lowest BCUT2D eigenvalue weighted by atomic mass is 10.2. The third-order valence-corrected chi connectivity index (χ3v) is 1.80. The van der Waals surface area contributed by atoms with Crippen molar-refractivity contribution < 1.29 is 22.3 Å². The predicted octanol–water partition coefficient (Wildman–Crippen LogP) is 3.49. The van der Waals surface area contributed by atoms with Crippen LogP contribution in [0.25, 0.3) is 0 Å². The molecule has 0 atom stereocenters. The fourth-order valence-corrected chi connectivity index (χ4v) is 1.14. The van der Waals surface area contributed by atoms with Crippen LogP contribution < -0.4 is 4.74 Å². The quantitative estimate of drug-likeness (QED) is 0.790. The molecule has 1 heterocycles. The summed E-state index contributed by atoms with van der Waals surface area (Å²) < 4.78 is 47.2. The van der Waals surface area contributed by atoms with Crippen LogP contribution in [-0.4, -0.2) is 4.98 Å². The number of ether oxygens (including phenoxy) is 1. The zero-order valence-electron chi connectivity index (χ0n) is 7.86. The molecule has 0 saturated carbocycles. The number of alkyl halides is 3. The molecule has 2 aromatic rings. The van der Waals surface area contributed by atoms with Crippen molar-refractivity contribution in [1.82, 2.24) is 4.98 Å². The summed E-state index contributed by atoms with van der Waals surface area (Å²) >= 11 is 0. The molecule has 16 heavy (non-hydrogen) atoms. The normalized spacial score (nSPS) is 11.4. The molecule has 0 unspecified atom stereocenters. The first-order chi connectivity index (χ1) is 7.57. The Labute approximate surface area is 88.5 Å². The SMILES string of the molecule is FC(F)(F)c1ccccc1Oc1ncco1. The van der Waals surface area contributed by atoms with Gasteiger partial charge in [-0.15, -0.1) is 0 Å². The highest BCUT2D eigenvalue weighted by Crippen LogP contribution is 2.37. The van der Waals surface area contributed by atoms with Crippen molar-refractivity contribution in [2.45, 2.75) is 6.18 Å². The molecule has 84 valence electrons. The lowest BCUT2D eigenvalue weighted by Gasteiger charge is -2.10. The highest BCUT2D eigenvalue weighted by Gasteiger charge is 2.34. The standard InChI is InChI=1S/C10H6F3NO2/c11-10(12,13)7-3-1-2-4-8(7)16-9-14-5-6-15-9/h1-6H. The number of hydrogen-bond donors (Lipinski definition) is 0. The van der Waals surface area contributed by atoms with Crippen LogP contribution >= 0.6 is 0 Å². The number of rotatable bonds is 2. The average molecular weight is 229 g/mol. The molecule has 0 N–H and O–H groups in total. The van der Waals surface area contributed by atoms with Gasteiger partial charge in [-0.25, -0.2) is 0 Å². The largest absolute Gasteiger partial charge is 0.419 e. The molecule has 0 aliphatic rings. The van der Waals surface area contributed by atoms with Crippen LogP contribution in [0, 0.1) is 0 Å². The number of oxazole rings is 1. The number of para-hydroxylation sites is 1. The van der Waals surface area contributed by atoms with Crippen LogP contribution in [0.2, 0.25) is 0 Å². The summed E-state index contributed by atoms with van der Waals surface area (Å²) in [5.41, 5.74) is -0.867. The minimum Gasteiger partial charge on any atom is -0.417 e. The van der Waals surface area contributed by atoms with Gasteiger partial charge in [0.2, 0.25) is 0 Å². The monoisotopic (exact) mass is 229 g/mol. The Bertz CT molecular complexity index is 465. The minimum absolute atomic E-state index is 0.225. The van der Waals surface area contributed by atoms with E-state index in [0.29, 0.717) is 0 Å². The zero-order valence-corrected chi connectivity index (χ0v) is 7.86. The van der Waals surface area contributed by atoms with Crippen molar-refractivity contribution in [3.63, 3.8) is 0 Å². The van der Waals surface area contributed by atoms with Crippen molar-refractivity contribution >= 4 is 0 Å². The molecule has 0 aliphatic heterocycles. The van der Waals surface area contributed by atoms with E-state index in [-0.39, 0.29) is 11.8 Å². The van der Waals surface area contributed by atoms with Gasteiger partial charge in [-0.1, -0.05) is 12.1 Å². The number of benzene rings is 1. The highest BCUT2D eigenvalue weighted by molar-refractivity contribution is 5.36. The maximum Gasteiger partial charge on any atom is 0.419 e. The molecule has 0 aliphatic carbocycles. The van der Waals surface area contributed by atoms with Crippen LogP contribution in [0.4, 0.5) is 13.2 Å². The van der Waals surface area contributed by atoms with Gasteiger partial charge < -0.3 is 9.15 Å². The summed E-state index contributed by atoms with van der Waals surface area (Å²) in [4.78, 5) is 3.58. The second-order valence-electron chi connectivity index (χ2n) is 2.89. The lowest BCUT2D eigenvalue weighted by molar-refractivity contribution is -0.138. The summed E-state index contributed by atoms with van der Waals surface area (Å²) in [6, 6.07) is 4.85. The molecule has 0 spiro atoms. The first-order valence-electron chi connectivity index (χ1n) is 4.31. The van der Waals surface area contributed by atoms with Crippen molar-refractivity contribution in [3.8, 4) is 11.8 Å². The van der Waals surface area contributed by atoms with E-state index < -0.39 is 11.7 Å². The Morgan fingerprint density at radius 3 is 2.56 bits per heavy atom. The van der Waals surface area contributed by atoms with Gasteiger partial charge in [0.15, 0.2) is 0 Å². The lowest BCUT2D eigenvalue weighted by Crippen LogP contribution is -2.06. The molecule has 3 nitrogen and oxygen atoms in total. The Morgan fingerprint density at radius 1 is 1.19 bits per heavy atom. The Kier molecular flexibility index (Phi) is 2.55. The molecule has 0 amide bonds. The molecular weight excluding hydrogens is 223 g/mol. The van der Waals surface area contributed by atoms with Gasteiger partial charge in [-0.3, -0.25) is 0 Å². The smallest absolute Gasteiger partial charge is 0.417 e. The van der Waals surface area contributed by atoms with Gasteiger partial charge in [0.25, 0.3) is 0 Å². The summed E-state index contributed by atoms with van der Waals surface area (Å²) in [5.74, 6) is -0.336. The van der Waals surface area contributed by atoms with Crippen LogP contribution in [0.15, 0.2) is 41.1 Å². The van der Waals surface area contributed by atoms with Gasteiger partial charge in [0.05, 0.1) is 11.8 Å². The Balaban J connectivity index is 2.34. The van der Waals surface area contributed by atoms with E-state index in [0.717, 1.165) is 6.07 Å². The average Bonchev–Trinajstić information content (AvgIpc) is 2.70. The van der Waals surface area contributed by atoms with Gasteiger partial charge >= 0.3 is 12.3 Å². The maximum absolute atomic E-state index is 12.5. The second kappa shape index (κ2) is 3.88. The van der Waals surface area contributed by atoms with Crippen LogP contribution in [0.5, 0.6) is 11.8 Å². The van der Waals surface area contributed by atoms with E-state index in [1.54, 1.807) is 0 Å². The first-order valence-corrected chi connectivity index (χ1v) is 4.31. The fourth-order valence-electron chi connectivity index (χ4n) is 1.14. The predicted molar refractivity (Wildman–Crippen MR) is 48.0 cm³/mol. The van der Waals surface area contributed by atoms with Gasteiger partial charge in [0.1, 0.15) is 12.0 Å². The molecule has 0 fully saturated rings. The summed E-state index contributed by atoms with van der Waals surface area (Å²) in [6.07, 6.45) is -2.20. The van der Waals surface area contributed by atoms with E-state index in [1.807, 2.05) is 0 Å². The molecular formula is C10H6F3NO2. The number of nitrogens with zero attached hydrogens (tertiary/aromatic N) is 1. The van der Waals surface area contributed by atoms with Gasteiger partial charge in [-0.2, -0.15) is 18.2 Å². The summed E-state index contributed by atoms with van der Waals surface area (Å²) in [5, 5.41) is 0. The first kappa shape index (κ1) is 10.5. The summed E-state index contributed by atoms with van der Waals surface area (Å²) in [6.45, 7) is 0.